The standard InChI is InChI=1S/C36H32N10O/c1-44(36(47)31-15-19-39-32(22-37)41-31)26-16-20-45(21-17-26)23-24-9-11-27(12-10-24)46-34(28-8-5-18-40-33(28)38)43-30-14-13-29(42-35(30)46)25-6-3-2-4-7-25/h2-15,18-19,26H,16-17,20-21,23H2,1H3,(H2,38,40)/i1D3. The number of carbonyl (C=O) groups is 1. The normalized spacial score (nSPS) is 15.0. The summed E-state index contributed by atoms with van der Waals surface area (Å²) < 4.78 is 26.3. The lowest BCUT2D eigenvalue weighted by Gasteiger charge is -2.36. The Morgan fingerprint density at radius 3 is 2.51 bits per heavy atom. The van der Waals surface area contributed by atoms with E-state index < -0.39 is 18.9 Å². The Balaban J connectivity index is 1.12. The molecule has 0 saturated carbocycles. The van der Waals surface area contributed by atoms with Crippen LogP contribution in [0.1, 0.15) is 38.8 Å². The number of likely N-dealkylation sites (tertiary alicyclic amines) is 1. The number of pyridine rings is 2. The van der Waals surface area contributed by atoms with E-state index in [4.69, 9.17) is 25.1 Å². The molecule has 1 aliphatic heterocycles. The van der Waals surface area contributed by atoms with Crippen molar-refractivity contribution in [1.29, 1.82) is 5.26 Å². The number of hydrogen-bond donors (Lipinski definition) is 1. The second-order valence-electron chi connectivity index (χ2n) is 11.3. The van der Waals surface area contributed by atoms with Gasteiger partial charge in [-0.1, -0.05) is 42.5 Å². The Bertz CT molecular complexity index is 2210. The maximum Gasteiger partial charge on any atom is 0.272 e. The van der Waals surface area contributed by atoms with Crippen molar-refractivity contribution in [1.82, 2.24) is 39.3 Å². The molecule has 0 bridgehead atoms. The van der Waals surface area contributed by atoms with Gasteiger partial charge in [0.05, 0.1) is 11.3 Å². The van der Waals surface area contributed by atoms with E-state index in [0.29, 0.717) is 55.3 Å². The first-order chi connectivity index (χ1) is 24.2. The Morgan fingerprint density at radius 2 is 1.77 bits per heavy atom. The van der Waals surface area contributed by atoms with Crippen molar-refractivity contribution in [3.05, 3.63) is 114 Å². The van der Waals surface area contributed by atoms with E-state index in [-0.39, 0.29) is 11.5 Å². The molecule has 11 heteroatoms. The molecule has 0 radical (unpaired) electrons. The van der Waals surface area contributed by atoms with Crippen LogP contribution in [0.4, 0.5) is 5.82 Å². The average molecular weight is 624 g/mol. The van der Waals surface area contributed by atoms with Gasteiger partial charge in [-0.15, -0.1) is 0 Å². The molecule has 232 valence electrons. The number of benzene rings is 2. The molecule has 1 amide bonds. The Hall–Kier alpha value is -5.99. The molecule has 0 atom stereocenters. The number of anilines is 1. The van der Waals surface area contributed by atoms with E-state index >= 15 is 0 Å². The van der Waals surface area contributed by atoms with E-state index in [1.165, 1.54) is 12.3 Å². The van der Waals surface area contributed by atoms with Crippen LogP contribution in [0.15, 0.2) is 97.3 Å². The second-order valence-corrected chi connectivity index (χ2v) is 11.3. The number of amides is 1. The van der Waals surface area contributed by atoms with Crippen LogP contribution in [0.5, 0.6) is 0 Å². The first-order valence-corrected chi connectivity index (χ1v) is 15.2. The van der Waals surface area contributed by atoms with E-state index in [1.54, 1.807) is 12.3 Å². The van der Waals surface area contributed by atoms with Crippen molar-refractivity contribution in [2.75, 3.05) is 25.8 Å². The fourth-order valence-electron chi connectivity index (χ4n) is 5.92. The molecule has 0 unspecified atom stereocenters. The number of nitriles is 1. The van der Waals surface area contributed by atoms with Gasteiger partial charge in [0.1, 0.15) is 23.1 Å². The predicted octanol–water partition coefficient (Wildman–Crippen LogP) is 5.13. The van der Waals surface area contributed by atoms with Crippen molar-refractivity contribution in [3.8, 4) is 34.4 Å². The van der Waals surface area contributed by atoms with Crippen LogP contribution in [-0.2, 0) is 6.54 Å². The highest BCUT2D eigenvalue weighted by Gasteiger charge is 2.27. The van der Waals surface area contributed by atoms with E-state index in [1.807, 2.05) is 71.3 Å². The van der Waals surface area contributed by atoms with Crippen molar-refractivity contribution in [2.24, 2.45) is 0 Å². The van der Waals surface area contributed by atoms with E-state index in [0.717, 1.165) is 32.9 Å². The Morgan fingerprint density at radius 1 is 0.957 bits per heavy atom. The molecule has 6 aromatic rings. The molecule has 4 aromatic heterocycles. The van der Waals surface area contributed by atoms with Crippen LogP contribution in [0, 0.1) is 11.3 Å². The first-order valence-electron chi connectivity index (χ1n) is 16.7. The van der Waals surface area contributed by atoms with Crippen molar-refractivity contribution < 1.29 is 8.91 Å². The minimum Gasteiger partial charge on any atom is -0.383 e. The van der Waals surface area contributed by atoms with Gasteiger partial charge in [-0.3, -0.25) is 14.3 Å². The summed E-state index contributed by atoms with van der Waals surface area (Å²) in [5, 5.41) is 9.14. The van der Waals surface area contributed by atoms with Gasteiger partial charge in [-0.05, 0) is 60.9 Å². The number of hydrogen-bond acceptors (Lipinski definition) is 9. The van der Waals surface area contributed by atoms with Crippen LogP contribution >= 0.6 is 0 Å². The van der Waals surface area contributed by atoms with Gasteiger partial charge in [0, 0.05) is 60.4 Å². The highest BCUT2D eigenvalue weighted by atomic mass is 16.2. The summed E-state index contributed by atoms with van der Waals surface area (Å²) in [5.74, 6) is 0.0872. The number of nitrogen functional groups attached to an aromatic ring is 1. The fraction of sp³-hybridized carbons (Fsp3) is 0.194. The predicted molar refractivity (Wildman–Crippen MR) is 179 cm³/mol. The summed E-state index contributed by atoms with van der Waals surface area (Å²) in [6, 6.07) is 28.4. The van der Waals surface area contributed by atoms with Gasteiger partial charge >= 0.3 is 0 Å². The smallest absolute Gasteiger partial charge is 0.272 e. The zero-order valence-electron chi connectivity index (χ0n) is 28.4. The quantitative estimate of drug-likeness (QED) is 0.256. The minimum atomic E-state index is -2.66. The summed E-state index contributed by atoms with van der Waals surface area (Å²) >= 11 is 0. The number of carbonyl (C=O) groups excluding carboxylic acids is 1. The van der Waals surface area contributed by atoms with Gasteiger partial charge in [0.15, 0.2) is 11.5 Å². The number of rotatable bonds is 7. The van der Waals surface area contributed by atoms with Crippen LogP contribution in [0.2, 0.25) is 0 Å². The number of nitrogens with two attached hydrogens (primary N) is 1. The van der Waals surface area contributed by atoms with Crippen LogP contribution < -0.4 is 5.73 Å². The molecule has 1 fully saturated rings. The molecule has 2 aromatic carbocycles. The van der Waals surface area contributed by atoms with Crippen molar-refractivity contribution in [2.45, 2.75) is 25.4 Å². The molecule has 47 heavy (non-hydrogen) atoms. The lowest BCUT2D eigenvalue weighted by atomic mass is 10.0. The number of fused-ring (bicyclic) bond motifs is 1. The monoisotopic (exact) mass is 623 g/mol. The molecule has 2 N–H and O–H groups in total. The first kappa shape index (κ1) is 26.2. The lowest BCUT2D eigenvalue weighted by Crippen LogP contribution is -2.45. The zero-order valence-corrected chi connectivity index (χ0v) is 25.4. The number of piperidine rings is 1. The fourth-order valence-corrected chi connectivity index (χ4v) is 5.92. The summed E-state index contributed by atoms with van der Waals surface area (Å²) in [5.41, 5.74) is 12.1. The zero-order chi connectivity index (χ0) is 34.8. The number of aromatic nitrogens is 6. The average Bonchev–Trinajstić information content (AvgIpc) is 3.51. The lowest BCUT2D eigenvalue weighted by molar-refractivity contribution is 0.0630. The third kappa shape index (κ3) is 6.02. The minimum absolute atomic E-state index is 0.110. The number of imidazole rings is 1. The Kier molecular flexibility index (Phi) is 7.14. The molecule has 0 spiro atoms. The molecular formula is C36H32N10O. The van der Waals surface area contributed by atoms with Gasteiger partial charge in [-0.2, -0.15) is 5.26 Å². The van der Waals surface area contributed by atoms with Crippen molar-refractivity contribution in [3.63, 3.8) is 0 Å². The highest BCUT2D eigenvalue weighted by Crippen LogP contribution is 2.32. The molecule has 0 aliphatic carbocycles. The third-order valence-electron chi connectivity index (χ3n) is 8.37. The maximum atomic E-state index is 13.3. The molecular weight excluding hydrogens is 588 g/mol. The van der Waals surface area contributed by atoms with Crippen LogP contribution in [0.25, 0.3) is 39.5 Å². The molecule has 5 heterocycles. The van der Waals surface area contributed by atoms with Crippen molar-refractivity contribution >= 4 is 22.9 Å². The largest absolute Gasteiger partial charge is 0.383 e. The summed E-state index contributed by atoms with van der Waals surface area (Å²) in [6.07, 6.45) is 3.89. The summed E-state index contributed by atoms with van der Waals surface area (Å²) in [6.45, 7) is -0.814. The summed E-state index contributed by atoms with van der Waals surface area (Å²) in [7, 11) is 0. The number of nitrogens with zero attached hydrogens (tertiary/aromatic N) is 9. The molecule has 1 aliphatic rings. The maximum absolute atomic E-state index is 13.3. The third-order valence-corrected chi connectivity index (χ3v) is 8.37. The van der Waals surface area contributed by atoms with E-state index in [2.05, 4.69) is 32.0 Å². The summed E-state index contributed by atoms with van der Waals surface area (Å²) in [4.78, 5) is 38.5. The topological polar surface area (TPSA) is 143 Å². The molecule has 1 saturated heterocycles. The van der Waals surface area contributed by atoms with Gasteiger partial charge in [-0.25, -0.2) is 24.9 Å². The second kappa shape index (κ2) is 12.8. The molecule has 7 rings (SSSR count). The van der Waals surface area contributed by atoms with Gasteiger partial charge in [0.25, 0.3) is 5.91 Å². The highest BCUT2D eigenvalue weighted by molar-refractivity contribution is 5.92. The van der Waals surface area contributed by atoms with Gasteiger partial charge < -0.3 is 10.6 Å². The van der Waals surface area contributed by atoms with Gasteiger partial charge in [0.2, 0.25) is 5.82 Å². The van der Waals surface area contributed by atoms with Crippen LogP contribution in [0.3, 0.4) is 0 Å². The van der Waals surface area contributed by atoms with E-state index in [9.17, 15) is 4.79 Å². The molecule has 11 nitrogen and oxygen atoms in total. The van der Waals surface area contributed by atoms with Crippen LogP contribution in [-0.4, -0.2) is 71.3 Å². The SMILES string of the molecule is [2H]C([2H])([2H])N(C(=O)c1ccnc(C#N)n1)C1CCN(Cc2ccc(-n3c(-c4cccnc4N)nc4ccc(-c5ccccc5)nc43)cc2)CC1. The Labute approximate surface area is 276 Å².